The van der Waals surface area contributed by atoms with Crippen LogP contribution in [0.4, 0.5) is 11.4 Å². The van der Waals surface area contributed by atoms with Crippen molar-refractivity contribution < 1.29 is 0 Å². The Bertz CT molecular complexity index is 310. The molecule has 0 atom stereocenters. The number of benzene rings is 1. The maximum atomic E-state index is 5.70. The molecule has 1 aromatic carbocycles. The highest BCUT2D eigenvalue weighted by atomic mass is 15.1. The molecule has 1 aromatic rings. The van der Waals surface area contributed by atoms with Crippen molar-refractivity contribution in [3.05, 3.63) is 24.3 Å². The van der Waals surface area contributed by atoms with Gasteiger partial charge >= 0.3 is 0 Å². The summed E-state index contributed by atoms with van der Waals surface area (Å²) in [5, 5.41) is 8.21. The zero-order chi connectivity index (χ0) is 9.90. The number of azo groups is 1. The van der Waals surface area contributed by atoms with Gasteiger partial charge in [0.15, 0.2) is 0 Å². The first-order valence-corrected chi connectivity index (χ1v) is 4.26. The second kappa shape index (κ2) is 3.56. The van der Waals surface area contributed by atoms with Gasteiger partial charge in [0.25, 0.3) is 0 Å². The standard InChI is InChI=1S/C10H15N3/c1-10(2,3)13-12-9-7-5-4-6-8(9)11/h4-7H,11H2,1-3H3. The average Bonchev–Trinajstić information content (AvgIpc) is 2.01. The Labute approximate surface area is 78.7 Å². The molecule has 2 N–H and O–H groups in total. The fourth-order valence-electron chi connectivity index (χ4n) is 0.782. The monoisotopic (exact) mass is 177 g/mol. The number of hydrogen-bond acceptors (Lipinski definition) is 3. The van der Waals surface area contributed by atoms with E-state index in [0.29, 0.717) is 5.69 Å². The Hall–Kier alpha value is -1.38. The lowest BCUT2D eigenvalue weighted by atomic mass is 10.1. The fourth-order valence-corrected chi connectivity index (χ4v) is 0.782. The van der Waals surface area contributed by atoms with Gasteiger partial charge in [0.2, 0.25) is 0 Å². The molecule has 0 saturated heterocycles. The minimum Gasteiger partial charge on any atom is -0.397 e. The Morgan fingerprint density at radius 3 is 2.31 bits per heavy atom. The van der Waals surface area contributed by atoms with Gasteiger partial charge in [0.1, 0.15) is 5.69 Å². The van der Waals surface area contributed by atoms with Crippen LogP contribution in [0.15, 0.2) is 34.5 Å². The molecule has 13 heavy (non-hydrogen) atoms. The molecule has 3 nitrogen and oxygen atoms in total. The molecular formula is C10H15N3. The van der Waals surface area contributed by atoms with Crippen LogP contribution in [0.5, 0.6) is 0 Å². The predicted octanol–water partition coefficient (Wildman–Crippen LogP) is 3.15. The van der Waals surface area contributed by atoms with Crippen molar-refractivity contribution in [2.45, 2.75) is 26.3 Å². The second-order valence-electron chi connectivity index (χ2n) is 3.93. The van der Waals surface area contributed by atoms with E-state index in [4.69, 9.17) is 5.73 Å². The molecule has 70 valence electrons. The number of rotatable bonds is 1. The summed E-state index contributed by atoms with van der Waals surface area (Å²) in [4.78, 5) is 0. The van der Waals surface area contributed by atoms with Crippen molar-refractivity contribution >= 4 is 11.4 Å². The van der Waals surface area contributed by atoms with Crippen molar-refractivity contribution in [3.8, 4) is 0 Å². The largest absolute Gasteiger partial charge is 0.397 e. The van der Waals surface area contributed by atoms with E-state index in [1.165, 1.54) is 0 Å². The highest BCUT2D eigenvalue weighted by molar-refractivity contribution is 5.61. The van der Waals surface area contributed by atoms with E-state index in [9.17, 15) is 0 Å². The van der Waals surface area contributed by atoms with E-state index in [2.05, 4.69) is 10.2 Å². The highest BCUT2D eigenvalue weighted by Gasteiger charge is 2.06. The van der Waals surface area contributed by atoms with Gasteiger partial charge in [-0.15, -0.1) is 0 Å². The number of para-hydroxylation sites is 1. The number of nitrogen functional groups attached to an aromatic ring is 1. The van der Waals surface area contributed by atoms with Gasteiger partial charge in [-0.1, -0.05) is 12.1 Å². The van der Waals surface area contributed by atoms with E-state index in [1.807, 2.05) is 45.0 Å². The zero-order valence-electron chi connectivity index (χ0n) is 8.28. The average molecular weight is 177 g/mol. The predicted molar refractivity (Wildman–Crippen MR) is 55.1 cm³/mol. The molecular weight excluding hydrogens is 162 g/mol. The summed E-state index contributed by atoms with van der Waals surface area (Å²) >= 11 is 0. The van der Waals surface area contributed by atoms with Crippen LogP contribution in [0.25, 0.3) is 0 Å². The lowest BCUT2D eigenvalue weighted by Crippen LogP contribution is -2.07. The van der Waals surface area contributed by atoms with Crippen molar-refractivity contribution in [2.24, 2.45) is 10.2 Å². The smallest absolute Gasteiger partial charge is 0.108 e. The van der Waals surface area contributed by atoms with Crippen molar-refractivity contribution in [2.75, 3.05) is 5.73 Å². The summed E-state index contributed by atoms with van der Waals surface area (Å²) in [6.45, 7) is 5.99. The van der Waals surface area contributed by atoms with Gasteiger partial charge in [0, 0.05) is 0 Å². The Morgan fingerprint density at radius 1 is 1.15 bits per heavy atom. The van der Waals surface area contributed by atoms with Crippen molar-refractivity contribution in [3.63, 3.8) is 0 Å². The molecule has 0 spiro atoms. The lowest BCUT2D eigenvalue weighted by molar-refractivity contribution is 0.552. The number of nitrogens with zero attached hydrogens (tertiary/aromatic N) is 2. The number of nitrogens with two attached hydrogens (primary N) is 1. The van der Waals surface area contributed by atoms with Crippen LogP contribution in [0.2, 0.25) is 0 Å². The summed E-state index contributed by atoms with van der Waals surface area (Å²) < 4.78 is 0. The third-order valence-corrected chi connectivity index (χ3v) is 1.39. The van der Waals surface area contributed by atoms with Crippen LogP contribution in [-0.2, 0) is 0 Å². The highest BCUT2D eigenvalue weighted by Crippen LogP contribution is 2.22. The third kappa shape index (κ3) is 3.23. The Kier molecular flexibility index (Phi) is 2.66. The normalized spacial score (nSPS) is 12.2. The summed E-state index contributed by atoms with van der Waals surface area (Å²) in [7, 11) is 0. The number of hydrogen-bond donors (Lipinski definition) is 1. The molecule has 0 amide bonds. The minimum atomic E-state index is -0.151. The molecule has 0 fully saturated rings. The van der Waals surface area contributed by atoms with Crippen molar-refractivity contribution in [1.82, 2.24) is 0 Å². The summed E-state index contributed by atoms with van der Waals surface area (Å²) in [6.07, 6.45) is 0. The molecule has 0 bridgehead atoms. The first kappa shape index (κ1) is 9.71. The summed E-state index contributed by atoms with van der Waals surface area (Å²) in [5.74, 6) is 0. The van der Waals surface area contributed by atoms with Gasteiger partial charge in [-0.2, -0.15) is 10.2 Å². The molecule has 0 radical (unpaired) electrons. The van der Waals surface area contributed by atoms with Crippen LogP contribution >= 0.6 is 0 Å². The summed E-state index contributed by atoms with van der Waals surface area (Å²) in [5.41, 5.74) is 6.94. The van der Waals surface area contributed by atoms with Gasteiger partial charge < -0.3 is 5.73 Å². The van der Waals surface area contributed by atoms with Crippen LogP contribution in [0, 0.1) is 0 Å². The second-order valence-corrected chi connectivity index (χ2v) is 3.93. The molecule has 1 rings (SSSR count). The molecule has 0 saturated carbocycles. The van der Waals surface area contributed by atoms with Gasteiger partial charge in [0.05, 0.1) is 11.2 Å². The van der Waals surface area contributed by atoms with Crippen LogP contribution < -0.4 is 5.73 Å². The molecule has 0 aliphatic carbocycles. The number of anilines is 1. The lowest BCUT2D eigenvalue weighted by Gasteiger charge is -2.09. The van der Waals surface area contributed by atoms with Gasteiger partial charge in [-0.3, -0.25) is 0 Å². The maximum Gasteiger partial charge on any atom is 0.108 e. The van der Waals surface area contributed by atoms with Crippen molar-refractivity contribution in [1.29, 1.82) is 0 Å². The molecule has 3 heteroatoms. The topological polar surface area (TPSA) is 50.7 Å². The molecule has 0 aliphatic rings. The van der Waals surface area contributed by atoms with Gasteiger partial charge in [-0.05, 0) is 32.9 Å². The first-order chi connectivity index (χ1) is 5.99. The van der Waals surface area contributed by atoms with Crippen LogP contribution in [0.1, 0.15) is 20.8 Å². The molecule has 0 heterocycles. The summed E-state index contributed by atoms with van der Waals surface area (Å²) in [6, 6.07) is 7.44. The molecule has 0 aromatic heterocycles. The van der Waals surface area contributed by atoms with E-state index in [1.54, 1.807) is 0 Å². The minimum absolute atomic E-state index is 0.151. The van der Waals surface area contributed by atoms with E-state index in [-0.39, 0.29) is 5.54 Å². The van der Waals surface area contributed by atoms with Crippen LogP contribution in [0.3, 0.4) is 0 Å². The van der Waals surface area contributed by atoms with Gasteiger partial charge in [-0.25, -0.2) is 0 Å². The van der Waals surface area contributed by atoms with Crippen LogP contribution in [-0.4, -0.2) is 5.54 Å². The van der Waals surface area contributed by atoms with E-state index >= 15 is 0 Å². The first-order valence-electron chi connectivity index (χ1n) is 4.26. The SMILES string of the molecule is CC(C)(C)N=Nc1ccccc1N. The Morgan fingerprint density at radius 2 is 1.77 bits per heavy atom. The maximum absolute atomic E-state index is 5.70. The quantitative estimate of drug-likeness (QED) is 0.520. The van der Waals surface area contributed by atoms with E-state index in [0.717, 1.165) is 5.69 Å². The fraction of sp³-hybridized carbons (Fsp3) is 0.400. The molecule has 0 unspecified atom stereocenters. The van der Waals surface area contributed by atoms with E-state index < -0.39 is 0 Å². The molecule has 0 aliphatic heterocycles. The third-order valence-electron chi connectivity index (χ3n) is 1.39. The zero-order valence-corrected chi connectivity index (χ0v) is 8.28. The Balaban J connectivity index is 2.86.